The first-order valence-corrected chi connectivity index (χ1v) is 9.02. The van der Waals surface area contributed by atoms with Gasteiger partial charge in [-0.25, -0.2) is 0 Å². The number of amides is 4. The lowest BCUT2D eigenvalue weighted by molar-refractivity contribution is -0.132. The largest absolute Gasteiger partial charge is 0.375 e. The van der Waals surface area contributed by atoms with Crippen molar-refractivity contribution in [1.29, 1.82) is 0 Å². The van der Waals surface area contributed by atoms with Crippen LogP contribution < -0.4 is 5.32 Å². The van der Waals surface area contributed by atoms with Crippen molar-refractivity contribution in [3.63, 3.8) is 0 Å². The molecule has 4 amide bonds. The van der Waals surface area contributed by atoms with Crippen molar-refractivity contribution in [2.45, 2.75) is 25.3 Å². The van der Waals surface area contributed by atoms with Gasteiger partial charge < -0.3 is 15.0 Å². The number of imide groups is 1. The van der Waals surface area contributed by atoms with E-state index in [-0.39, 0.29) is 49.2 Å². The molecule has 0 aromatic heterocycles. The van der Waals surface area contributed by atoms with Crippen molar-refractivity contribution >= 4 is 23.6 Å². The molecular formula is C19H23N3O5. The average molecular weight is 373 g/mol. The fourth-order valence-corrected chi connectivity index (χ4v) is 3.48. The van der Waals surface area contributed by atoms with E-state index in [4.69, 9.17) is 4.74 Å². The van der Waals surface area contributed by atoms with Crippen molar-refractivity contribution in [3.8, 4) is 0 Å². The Kier molecular flexibility index (Phi) is 5.85. The minimum atomic E-state index is -0.344. The Labute approximate surface area is 157 Å². The number of ether oxygens (including phenoxy) is 1. The van der Waals surface area contributed by atoms with E-state index in [1.165, 1.54) is 7.11 Å². The van der Waals surface area contributed by atoms with Gasteiger partial charge in [-0.15, -0.1) is 0 Å². The zero-order valence-electron chi connectivity index (χ0n) is 15.3. The number of likely N-dealkylation sites (tertiary alicyclic amines) is 1. The molecule has 2 heterocycles. The van der Waals surface area contributed by atoms with Crippen LogP contribution in [-0.2, 0) is 14.3 Å². The van der Waals surface area contributed by atoms with Crippen molar-refractivity contribution < 1.29 is 23.9 Å². The third kappa shape index (κ3) is 4.16. The van der Waals surface area contributed by atoms with E-state index in [9.17, 15) is 19.2 Å². The van der Waals surface area contributed by atoms with Crippen LogP contribution in [0, 0.1) is 0 Å². The van der Waals surface area contributed by atoms with Crippen LogP contribution >= 0.6 is 0 Å². The third-order valence-electron chi connectivity index (χ3n) is 4.92. The quantitative estimate of drug-likeness (QED) is 0.730. The first-order valence-electron chi connectivity index (χ1n) is 9.02. The molecular weight excluding hydrogens is 350 g/mol. The van der Waals surface area contributed by atoms with E-state index < -0.39 is 0 Å². The summed E-state index contributed by atoms with van der Waals surface area (Å²) in [6.07, 6.45) is 1.45. The predicted molar refractivity (Wildman–Crippen MR) is 96.0 cm³/mol. The van der Waals surface area contributed by atoms with Crippen LogP contribution in [0.1, 0.15) is 40.0 Å². The SMILES string of the molecule is COCC(=O)NC1CCN(C(=O)CCN2C(=O)c3ccccc3C2=O)CC1. The summed E-state index contributed by atoms with van der Waals surface area (Å²) in [6, 6.07) is 6.72. The Morgan fingerprint density at radius 3 is 2.26 bits per heavy atom. The molecule has 1 aromatic rings. The number of hydrogen-bond donors (Lipinski definition) is 1. The van der Waals surface area contributed by atoms with Crippen LogP contribution in [-0.4, -0.2) is 72.8 Å². The molecule has 0 aliphatic carbocycles. The highest BCUT2D eigenvalue weighted by Gasteiger charge is 2.35. The van der Waals surface area contributed by atoms with Crippen molar-refractivity contribution in [2.75, 3.05) is 33.4 Å². The molecule has 1 aromatic carbocycles. The number of piperidine rings is 1. The zero-order valence-corrected chi connectivity index (χ0v) is 15.3. The van der Waals surface area contributed by atoms with Gasteiger partial charge in [0.2, 0.25) is 11.8 Å². The van der Waals surface area contributed by atoms with Gasteiger partial charge in [-0.05, 0) is 25.0 Å². The van der Waals surface area contributed by atoms with E-state index in [1.807, 2.05) is 0 Å². The average Bonchev–Trinajstić information content (AvgIpc) is 2.91. The van der Waals surface area contributed by atoms with Gasteiger partial charge in [0.15, 0.2) is 0 Å². The highest BCUT2D eigenvalue weighted by atomic mass is 16.5. The number of hydrogen-bond acceptors (Lipinski definition) is 5. The Hall–Kier alpha value is -2.74. The van der Waals surface area contributed by atoms with Gasteiger partial charge in [0.25, 0.3) is 11.8 Å². The number of benzene rings is 1. The molecule has 1 N–H and O–H groups in total. The Balaban J connectivity index is 1.46. The maximum absolute atomic E-state index is 12.4. The van der Waals surface area contributed by atoms with Crippen LogP contribution in [0.25, 0.3) is 0 Å². The minimum absolute atomic E-state index is 0.0272. The first-order chi connectivity index (χ1) is 13.0. The fourth-order valence-electron chi connectivity index (χ4n) is 3.48. The number of rotatable bonds is 6. The van der Waals surface area contributed by atoms with Gasteiger partial charge in [-0.1, -0.05) is 12.1 Å². The standard InChI is InChI=1S/C19H23N3O5/c1-27-12-16(23)20-13-6-9-21(10-7-13)17(24)8-11-22-18(25)14-4-2-3-5-15(14)19(22)26/h2-5,13H,6-12H2,1H3,(H,20,23). The van der Waals surface area contributed by atoms with Gasteiger partial charge in [-0.2, -0.15) is 0 Å². The number of carbonyl (C=O) groups excluding carboxylic acids is 4. The second-order valence-corrected chi connectivity index (χ2v) is 6.71. The molecule has 0 unspecified atom stereocenters. The molecule has 8 heteroatoms. The van der Waals surface area contributed by atoms with E-state index in [0.717, 1.165) is 4.90 Å². The molecule has 1 saturated heterocycles. The molecule has 0 saturated carbocycles. The van der Waals surface area contributed by atoms with E-state index in [0.29, 0.717) is 37.1 Å². The molecule has 8 nitrogen and oxygen atoms in total. The number of carbonyl (C=O) groups is 4. The Morgan fingerprint density at radius 2 is 1.70 bits per heavy atom. The number of fused-ring (bicyclic) bond motifs is 1. The summed E-state index contributed by atoms with van der Waals surface area (Å²) in [4.78, 5) is 51.5. The molecule has 27 heavy (non-hydrogen) atoms. The number of methoxy groups -OCH3 is 1. The number of nitrogens with one attached hydrogen (secondary N) is 1. The molecule has 0 atom stereocenters. The minimum Gasteiger partial charge on any atom is -0.375 e. The monoisotopic (exact) mass is 373 g/mol. The van der Waals surface area contributed by atoms with Crippen molar-refractivity contribution in [2.24, 2.45) is 0 Å². The van der Waals surface area contributed by atoms with Crippen molar-refractivity contribution in [1.82, 2.24) is 15.1 Å². The number of nitrogens with zero attached hydrogens (tertiary/aromatic N) is 2. The summed E-state index contributed by atoms with van der Waals surface area (Å²) >= 11 is 0. The summed E-state index contributed by atoms with van der Waals surface area (Å²) in [6.45, 7) is 1.19. The molecule has 0 spiro atoms. The van der Waals surface area contributed by atoms with Gasteiger partial charge in [0.05, 0.1) is 11.1 Å². The normalized spacial score (nSPS) is 17.2. The Morgan fingerprint density at radius 1 is 1.11 bits per heavy atom. The van der Waals surface area contributed by atoms with E-state index >= 15 is 0 Å². The highest BCUT2D eigenvalue weighted by Crippen LogP contribution is 2.22. The summed E-state index contributed by atoms with van der Waals surface area (Å²) in [5, 5.41) is 2.88. The zero-order chi connectivity index (χ0) is 19.4. The molecule has 0 radical (unpaired) electrons. The van der Waals surface area contributed by atoms with Crippen LogP contribution in [0.5, 0.6) is 0 Å². The first kappa shape index (κ1) is 19.0. The molecule has 2 aliphatic rings. The van der Waals surface area contributed by atoms with Crippen LogP contribution in [0.15, 0.2) is 24.3 Å². The molecule has 0 bridgehead atoms. The maximum Gasteiger partial charge on any atom is 0.261 e. The summed E-state index contributed by atoms with van der Waals surface area (Å²) in [5.41, 5.74) is 0.783. The van der Waals surface area contributed by atoms with Crippen molar-refractivity contribution in [3.05, 3.63) is 35.4 Å². The smallest absolute Gasteiger partial charge is 0.261 e. The Bertz CT molecular complexity index is 720. The summed E-state index contributed by atoms with van der Waals surface area (Å²) < 4.78 is 4.79. The van der Waals surface area contributed by atoms with Gasteiger partial charge in [0.1, 0.15) is 6.61 Å². The van der Waals surface area contributed by atoms with E-state index in [1.54, 1.807) is 29.2 Å². The topological polar surface area (TPSA) is 96.0 Å². The van der Waals surface area contributed by atoms with Crippen LogP contribution in [0.2, 0.25) is 0 Å². The second kappa shape index (κ2) is 8.30. The molecule has 3 rings (SSSR count). The van der Waals surface area contributed by atoms with Crippen LogP contribution in [0.3, 0.4) is 0 Å². The van der Waals surface area contributed by atoms with Gasteiger partial charge in [0, 0.05) is 39.2 Å². The molecule has 1 fully saturated rings. The lowest BCUT2D eigenvalue weighted by Gasteiger charge is -2.32. The fraction of sp³-hybridized carbons (Fsp3) is 0.474. The predicted octanol–water partition coefficient (Wildman–Crippen LogP) is 0.426. The summed E-state index contributed by atoms with van der Waals surface area (Å²) in [5.74, 6) is -0.938. The lowest BCUT2D eigenvalue weighted by atomic mass is 10.0. The molecule has 2 aliphatic heterocycles. The van der Waals surface area contributed by atoms with Gasteiger partial charge in [-0.3, -0.25) is 24.1 Å². The lowest BCUT2D eigenvalue weighted by Crippen LogP contribution is -2.47. The highest BCUT2D eigenvalue weighted by molar-refractivity contribution is 6.21. The third-order valence-corrected chi connectivity index (χ3v) is 4.92. The van der Waals surface area contributed by atoms with Gasteiger partial charge >= 0.3 is 0 Å². The van der Waals surface area contributed by atoms with Crippen LogP contribution in [0.4, 0.5) is 0 Å². The molecule has 144 valence electrons. The second-order valence-electron chi connectivity index (χ2n) is 6.71. The maximum atomic E-state index is 12.4. The van der Waals surface area contributed by atoms with E-state index in [2.05, 4.69) is 5.32 Å². The summed E-state index contributed by atoms with van der Waals surface area (Å²) in [7, 11) is 1.47.